The van der Waals surface area contributed by atoms with Gasteiger partial charge in [-0.3, -0.25) is 0 Å². The summed E-state index contributed by atoms with van der Waals surface area (Å²) >= 11 is 16.2. The van der Waals surface area contributed by atoms with Crippen LogP contribution in [0.5, 0.6) is 0 Å². The number of nitrogens with one attached hydrogen (secondary N) is 1. The topological polar surface area (TPSA) is 46.2 Å². The fourth-order valence-electron chi connectivity index (χ4n) is 1.57. The van der Waals surface area contributed by atoms with Crippen molar-refractivity contribution in [2.45, 2.75) is 31.6 Å². The van der Waals surface area contributed by atoms with Gasteiger partial charge < -0.3 is 0 Å². The van der Waals surface area contributed by atoms with Gasteiger partial charge in [0.1, 0.15) is 9.23 Å². The molecule has 8 heteroatoms. The molecule has 0 saturated carbocycles. The van der Waals surface area contributed by atoms with Gasteiger partial charge in [0.25, 0.3) is 0 Å². The van der Waals surface area contributed by atoms with E-state index in [9.17, 15) is 8.42 Å². The molecule has 1 rings (SSSR count). The second-order valence-corrected chi connectivity index (χ2v) is 8.94. The van der Waals surface area contributed by atoms with Crippen molar-refractivity contribution >= 4 is 60.5 Å². The lowest BCUT2D eigenvalue weighted by atomic mass is 9.85. The molecule has 1 heterocycles. The molecular weight excluding hydrogens is 393 g/mol. The predicted octanol–water partition coefficient (Wildman–Crippen LogP) is 4.53. The third kappa shape index (κ3) is 4.32. The average molecular weight is 409 g/mol. The maximum atomic E-state index is 12.2. The highest BCUT2D eigenvalue weighted by molar-refractivity contribution is 9.09. The van der Waals surface area contributed by atoms with E-state index in [-0.39, 0.29) is 14.6 Å². The summed E-state index contributed by atoms with van der Waals surface area (Å²) in [5.74, 6) is 0. The number of sulfonamides is 1. The number of halogens is 3. The molecule has 0 aliphatic heterocycles. The first-order valence-corrected chi connectivity index (χ1v) is 9.98. The Morgan fingerprint density at radius 3 is 2.32 bits per heavy atom. The fraction of sp³-hybridized carbons (Fsp3) is 0.636. The molecule has 0 amide bonds. The Balaban J connectivity index is 2.90. The second kappa shape index (κ2) is 7.09. The van der Waals surface area contributed by atoms with Crippen LogP contribution < -0.4 is 4.72 Å². The molecule has 3 nitrogen and oxygen atoms in total. The lowest BCUT2D eigenvalue weighted by Crippen LogP contribution is -2.38. The van der Waals surface area contributed by atoms with Crippen molar-refractivity contribution in [2.75, 3.05) is 11.9 Å². The summed E-state index contributed by atoms with van der Waals surface area (Å²) < 4.78 is 27.6. The van der Waals surface area contributed by atoms with Gasteiger partial charge in [-0.2, -0.15) is 0 Å². The number of thiophene rings is 1. The Bertz CT molecular complexity index is 519. The maximum absolute atomic E-state index is 12.2. The fourth-order valence-corrected chi connectivity index (χ4v) is 5.87. The van der Waals surface area contributed by atoms with Gasteiger partial charge in [0, 0.05) is 11.9 Å². The molecule has 0 fully saturated rings. The minimum Gasteiger partial charge on any atom is -0.210 e. The van der Waals surface area contributed by atoms with Crippen molar-refractivity contribution in [3.05, 3.63) is 14.7 Å². The van der Waals surface area contributed by atoms with Gasteiger partial charge in [-0.1, -0.05) is 53.0 Å². The molecule has 1 N–H and O–H groups in total. The maximum Gasteiger partial charge on any atom is 0.242 e. The van der Waals surface area contributed by atoms with Crippen LogP contribution in [0.25, 0.3) is 0 Å². The monoisotopic (exact) mass is 407 g/mol. The molecule has 0 aromatic carbocycles. The highest BCUT2D eigenvalue weighted by atomic mass is 79.9. The van der Waals surface area contributed by atoms with Crippen molar-refractivity contribution < 1.29 is 8.42 Å². The van der Waals surface area contributed by atoms with Crippen LogP contribution in [-0.2, 0) is 10.0 Å². The second-order valence-electron chi connectivity index (χ2n) is 4.35. The Kier molecular flexibility index (Phi) is 6.61. The molecule has 0 aliphatic carbocycles. The van der Waals surface area contributed by atoms with Gasteiger partial charge in [-0.05, 0) is 24.3 Å². The molecular formula is C11H16BrCl2NO2S2. The first kappa shape index (κ1) is 17.7. The van der Waals surface area contributed by atoms with Gasteiger partial charge >= 0.3 is 0 Å². The zero-order chi connectivity index (χ0) is 14.7. The van der Waals surface area contributed by atoms with Crippen molar-refractivity contribution in [1.82, 2.24) is 4.72 Å². The molecule has 0 bridgehead atoms. The lowest BCUT2D eigenvalue weighted by Gasteiger charge is -2.29. The molecule has 0 aliphatic rings. The normalized spacial score (nSPS) is 12.9. The van der Waals surface area contributed by atoms with Crippen LogP contribution in [-0.4, -0.2) is 20.3 Å². The van der Waals surface area contributed by atoms with E-state index in [1.165, 1.54) is 6.07 Å². The van der Waals surface area contributed by atoms with E-state index >= 15 is 0 Å². The Labute approximate surface area is 136 Å². The minimum absolute atomic E-state index is 0.0554. The third-order valence-electron chi connectivity index (χ3n) is 3.34. The number of rotatable bonds is 7. The summed E-state index contributed by atoms with van der Waals surface area (Å²) in [7, 11) is -3.61. The van der Waals surface area contributed by atoms with E-state index in [1.54, 1.807) is 0 Å². The third-order valence-corrected chi connectivity index (χ3v) is 7.68. The summed E-state index contributed by atoms with van der Waals surface area (Å²) in [6, 6.07) is 1.38. The number of hydrogen-bond acceptors (Lipinski definition) is 3. The van der Waals surface area contributed by atoms with Crippen molar-refractivity contribution in [3.8, 4) is 0 Å². The van der Waals surface area contributed by atoms with Crippen LogP contribution in [0.2, 0.25) is 8.67 Å². The van der Waals surface area contributed by atoms with E-state index in [4.69, 9.17) is 23.2 Å². The first-order valence-electron chi connectivity index (χ1n) is 5.80. The molecule has 0 atom stereocenters. The van der Waals surface area contributed by atoms with Gasteiger partial charge in [0.2, 0.25) is 10.0 Å². The quantitative estimate of drug-likeness (QED) is 0.673. The smallest absolute Gasteiger partial charge is 0.210 e. The minimum atomic E-state index is -3.61. The van der Waals surface area contributed by atoms with Crippen LogP contribution in [0.15, 0.2) is 11.0 Å². The molecule has 0 radical (unpaired) electrons. The van der Waals surface area contributed by atoms with E-state index < -0.39 is 10.0 Å². The van der Waals surface area contributed by atoms with Crippen LogP contribution in [0.1, 0.15) is 26.7 Å². The summed E-state index contributed by atoms with van der Waals surface area (Å²) in [5.41, 5.74) is -0.0840. The zero-order valence-corrected chi connectivity index (χ0v) is 15.4. The summed E-state index contributed by atoms with van der Waals surface area (Å²) in [6.45, 7) is 4.47. The Morgan fingerprint density at radius 2 is 1.95 bits per heavy atom. The van der Waals surface area contributed by atoms with Crippen molar-refractivity contribution in [3.63, 3.8) is 0 Å². The Morgan fingerprint density at radius 1 is 1.37 bits per heavy atom. The van der Waals surface area contributed by atoms with Crippen molar-refractivity contribution in [1.29, 1.82) is 0 Å². The Hall–Kier alpha value is 0.670. The molecule has 110 valence electrons. The van der Waals surface area contributed by atoms with Crippen molar-refractivity contribution in [2.24, 2.45) is 5.41 Å². The molecule has 0 saturated heterocycles. The van der Waals surface area contributed by atoms with E-state index in [0.29, 0.717) is 10.9 Å². The number of alkyl halides is 1. The zero-order valence-electron chi connectivity index (χ0n) is 10.7. The highest BCUT2D eigenvalue weighted by Crippen LogP contribution is 2.35. The van der Waals surface area contributed by atoms with Crippen LogP contribution in [0.3, 0.4) is 0 Å². The molecule has 19 heavy (non-hydrogen) atoms. The van der Waals surface area contributed by atoms with E-state index in [1.807, 2.05) is 13.8 Å². The van der Waals surface area contributed by atoms with Gasteiger partial charge in [0.15, 0.2) is 0 Å². The predicted molar refractivity (Wildman–Crippen MR) is 86.3 cm³/mol. The summed E-state index contributed by atoms with van der Waals surface area (Å²) in [6.07, 6.45) is 1.77. The van der Waals surface area contributed by atoms with E-state index in [2.05, 4.69) is 20.7 Å². The van der Waals surface area contributed by atoms with Gasteiger partial charge in [-0.25, -0.2) is 13.1 Å². The first-order chi connectivity index (χ1) is 8.80. The molecule has 1 aromatic heterocycles. The summed E-state index contributed by atoms with van der Waals surface area (Å²) in [5, 5.41) is 0.744. The molecule has 1 aromatic rings. The standard InChI is InChI=1S/C11H16BrCl2NO2S2/c1-3-11(4-2,6-12)7-15-19(16,17)8-5-9(13)18-10(8)14/h5,15H,3-4,6-7H2,1-2H3. The SMILES string of the molecule is CCC(CC)(CBr)CNS(=O)(=O)c1cc(Cl)sc1Cl. The highest BCUT2D eigenvalue weighted by Gasteiger charge is 2.28. The lowest BCUT2D eigenvalue weighted by molar-refractivity contribution is 0.309. The summed E-state index contributed by atoms with van der Waals surface area (Å²) in [4.78, 5) is 0.0554. The van der Waals surface area contributed by atoms with Crippen LogP contribution >= 0.6 is 50.5 Å². The van der Waals surface area contributed by atoms with Gasteiger partial charge in [-0.15, -0.1) is 11.3 Å². The average Bonchev–Trinajstić information content (AvgIpc) is 2.72. The molecule has 0 spiro atoms. The largest absolute Gasteiger partial charge is 0.242 e. The molecule has 0 unspecified atom stereocenters. The van der Waals surface area contributed by atoms with Crippen LogP contribution in [0.4, 0.5) is 0 Å². The van der Waals surface area contributed by atoms with Gasteiger partial charge in [0.05, 0.1) is 4.34 Å². The number of hydrogen-bond donors (Lipinski definition) is 1. The van der Waals surface area contributed by atoms with E-state index in [0.717, 1.165) is 29.5 Å². The van der Waals surface area contributed by atoms with Crippen LogP contribution in [0, 0.1) is 5.41 Å².